The van der Waals surface area contributed by atoms with Crippen molar-refractivity contribution in [1.29, 1.82) is 0 Å². The van der Waals surface area contributed by atoms with Crippen LogP contribution in [-0.2, 0) is 9.63 Å². The summed E-state index contributed by atoms with van der Waals surface area (Å²) in [6.45, 7) is 1.72. The van der Waals surface area contributed by atoms with E-state index >= 15 is 0 Å². The van der Waals surface area contributed by atoms with Gasteiger partial charge in [-0.05, 0) is 37.0 Å². The van der Waals surface area contributed by atoms with Crippen LogP contribution in [0.1, 0.15) is 37.7 Å². The van der Waals surface area contributed by atoms with Crippen molar-refractivity contribution in [3.05, 3.63) is 35.6 Å². The number of hydrogen-bond acceptors (Lipinski definition) is 3. The summed E-state index contributed by atoms with van der Waals surface area (Å²) in [5.41, 5.74) is 1.63. The van der Waals surface area contributed by atoms with Gasteiger partial charge in [-0.2, -0.15) is 0 Å². The van der Waals surface area contributed by atoms with E-state index in [1.807, 2.05) is 4.90 Å². The fourth-order valence-electron chi connectivity index (χ4n) is 2.82. The molecule has 3 rings (SSSR count). The smallest absolute Gasteiger partial charge is 0.226 e. The molecule has 2 heterocycles. The first-order valence-electron chi connectivity index (χ1n) is 7.49. The van der Waals surface area contributed by atoms with E-state index in [-0.39, 0.29) is 17.8 Å². The lowest BCUT2D eigenvalue weighted by Gasteiger charge is -2.27. The van der Waals surface area contributed by atoms with Crippen molar-refractivity contribution in [3.63, 3.8) is 0 Å². The largest absolute Gasteiger partial charge is 0.391 e. The predicted molar refractivity (Wildman–Crippen MR) is 77.5 cm³/mol. The van der Waals surface area contributed by atoms with Gasteiger partial charge in [-0.3, -0.25) is 4.79 Å². The highest BCUT2D eigenvalue weighted by Gasteiger charge is 2.27. The molecule has 0 aliphatic carbocycles. The van der Waals surface area contributed by atoms with Crippen LogP contribution in [0.2, 0.25) is 0 Å². The highest BCUT2D eigenvalue weighted by molar-refractivity contribution is 6.01. The predicted octanol–water partition coefficient (Wildman–Crippen LogP) is 2.72. The minimum atomic E-state index is -0.268. The number of amides is 1. The van der Waals surface area contributed by atoms with E-state index in [0.717, 1.165) is 37.2 Å². The average molecular weight is 290 g/mol. The highest BCUT2D eigenvalue weighted by atomic mass is 19.1. The van der Waals surface area contributed by atoms with E-state index in [1.54, 1.807) is 12.1 Å². The molecule has 4 nitrogen and oxygen atoms in total. The first kappa shape index (κ1) is 14.0. The summed E-state index contributed by atoms with van der Waals surface area (Å²) in [6.07, 6.45) is 4.17. The van der Waals surface area contributed by atoms with Crippen molar-refractivity contribution < 1.29 is 14.0 Å². The molecule has 0 bridgehead atoms. The Kier molecular flexibility index (Phi) is 4.18. The standard InChI is InChI=1S/C16H19FN2O2/c17-13-6-4-12(5-7-13)15-10-14(21-18-15)11-16(20)19-8-2-1-3-9-19/h4-7,14H,1-3,8-11H2. The van der Waals surface area contributed by atoms with Gasteiger partial charge < -0.3 is 9.74 Å². The third-order valence-corrected chi connectivity index (χ3v) is 4.02. The van der Waals surface area contributed by atoms with E-state index < -0.39 is 0 Å². The molecule has 21 heavy (non-hydrogen) atoms. The molecule has 5 heteroatoms. The van der Waals surface area contributed by atoms with Crippen LogP contribution in [-0.4, -0.2) is 35.7 Å². The number of oxime groups is 1. The first-order chi connectivity index (χ1) is 10.2. The van der Waals surface area contributed by atoms with Gasteiger partial charge in [0.1, 0.15) is 11.9 Å². The number of rotatable bonds is 3. The van der Waals surface area contributed by atoms with Crippen LogP contribution < -0.4 is 0 Å². The van der Waals surface area contributed by atoms with Crippen LogP contribution in [0.5, 0.6) is 0 Å². The summed E-state index contributed by atoms with van der Waals surface area (Å²) in [6, 6.07) is 6.19. The van der Waals surface area contributed by atoms with E-state index in [1.165, 1.54) is 18.6 Å². The summed E-state index contributed by atoms with van der Waals surface area (Å²) in [5.74, 6) is -0.120. The normalized spacial score (nSPS) is 21.9. The minimum absolute atomic E-state index is 0.148. The third-order valence-electron chi connectivity index (χ3n) is 4.02. The molecular weight excluding hydrogens is 271 g/mol. The maximum atomic E-state index is 12.9. The lowest BCUT2D eigenvalue weighted by molar-refractivity contribution is -0.134. The van der Waals surface area contributed by atoms with Crippen LogP contribution in [0.4, 0.5) is 4.39 Å². The monoisotopic (exact) mass is 290 g/mol. The molecule has 0 radical (unpaired) electrons. The second kappa shape index (κ2) is 6.24. The summed E-state index contributed by atoms with van der Waals surface area (Å²) < 4.78 is 12.9. The van der Waals surface area contributed by atoms with Gasteiger partial charge in [0.05, 0.1) is 12.1 Å². The lowest BCUT2D eigenvalue weighted by atomic mass is 10.0. The van der Waals surface area contributed by atoms with Crippen molar-refractivity contribution in [2.75, 3.05) is 13.1 Å². The first-order valence-corrected chi connectivity index (χ1v) is 7.49. The number of nitrogens with zero attached hydrogens (tertiary/aromatic N) is 2. The van der Waals surface area contributed by atoms with Gasteiger partial charge in [0, 0.05) is 19.5 Å². The molecule has 1 saturated heterocycles. The zero-order chi connectivity index (χ0) is 14.7. The van der Waals surface area contributed by atoms with Crippen molar-refractivity contribution in [1.82, 2.24) is 4.90 Å². The van der Waals surface area contributed by atoms with Gasteiger partial charge in [-0.1, -0.05) is 17.3 Å². The Morgan fingerprint density at radius 3 is 2.67 bits per heavy atom. The Bertz CT molecular complexity index is 536. The molecule has 2 aliphatic heterocycles. The van der Waals surface area contributed by atoms with Crippen molar-refractivity contribution in [3.8, 4) is 0 Å². The maximum absolute atomic E-state index is 12.9. The van der Waals surface area contributed by atoms with Crippen molar-refractivity contribution >= 4 is 11.6 Å². The van der Waals surface area contributed by atoms with E-state index in [9.17, 15) is 9.18 Å². The summed E-state index contributed by atoms with van der Waals surface area (Å²) in [4.78, 5) is 19.5. The molecule has 1 aromatic carbocycles. The van der Waals surface area contributed by atoms with Gasteiger partial charge >= 0.3 is 0 Å². The number of carbonyl (C=O) groups is 1. The van der Waals surface area contributed by atoms with Crippen molar-refractivity contribution in [2.24, 2.45) is 5.16 Å². The molecule has 1 atom stereocenters. The zero-order valence-electron chi connectivity index (χ0n) is 11.9. The third kappa shape index (κ3) is 3.40. The topological polar surface area (TPSA) is 41.9 Å². The quantitative estimate of drug-likeness (QED) is 0.859. The Balaban J connectivity index is 1.53. The second-order valence-corrected chi connectivity index (χ2v) is 5.62. The Morgan fingerprint density at radius 2 is 1.95 bits per heavy atom. The van der Waals surface area contributed by atoms with Crippen LogP contribution in [0.3, 0.4) is 0 Å². The number of halogens is 1. The fourth-order valence-corrected chi connectivity index (χ4v) is 2.82. The lowest BCUT2D eigenvalue weighted by Crippen LogP contribution is -2.37. The molecule has 1 aromatic rings. The highest BCUT2D eigenvalue weighted by Crippen LogP contribution is 2.21. The summed E-state index contributed by atoms with van der Waals surface area (Å²) in [7, 11) is 0. The number of likely N-dealkylation sites (tertiary alicyclic amines) is 1. The van der Waals surface area contributed by atoms with Crippen LogP contribution >= 0.6 is 0 Å². The minimum Gasteiger partial charge on any atom is -0.391 e. The number of hydrogen-bond donors (Lipinski definition) is 0. The van der Waals surface area contributed by atoms with E-state index in [4.69, 9.17) is 4.84 Å². The molecule has 0 N–H and O–H groups in total. The van der Waals surface area contributed by atoms with Gasteiger partial charge in [0.25, 0.3) is 0 Å². The zero-order valence-corrected chi connectivity index (χ0v) is 11.9. The van der Waals surface area contributed by atoms with Gasteiger partial charge in [-0.25, -0.2) is 4.39 Å². The van der Waals surface area contributed by atoms with Gasteiger partial charge in [-0.15, -0.1) is 0 Å². The number of benzene rings is 1. The number of carbonyl (C=O) groups excluding carboxylic acids is 1. The van der Waals surface area contributed by atoms with Crippen LogP contribution in [0.15, 0.2) is 29.4 Å². The Labute approximate surface area is 123 Å². The van der Waals surface area contributed by atoms with Crippen LogP contribution in [0, 0.1) is 5.82 Å². The average Bonchev–Trinajstić information content (AvgIpc) is 2.97. The Hall–Kier alpha value is -1.91. The fraction of sp³-hybridized carbons (Fsp3) is 0.500. The van der Waals surface area contributed by atoms with Gasteiger partial charge in [0.15, 0.2) is 0 Å². The van der Waals surface area contributed by atoms with E-state index in [0.29, 0.717) is 12.8 Å². The number of piperidine rings is 1. The van der Waals surface area contributed by atoms with Crippen LogP contribution in [0.25, 0.3) is 0 Å². The van der Waals surface area contributed by atoms with E-state index in [2.05, 4.69) is 5.16 Å². The Morgan fingerprint density at radius 1 is 1.24 bits per heavy atom. The molecular formula is C16H19FN2O2. The van der Waals surface area contributed by atoms with Crippen molar-refractivity contribution in [2.45, 2.75) is 38.2 Å². The molecule has 1 unspecified atom stereocenters. The molecule has 112 valence electrons. The second-order valence-electron chi connectivity index (χ2n) is 5.62. The molecule has 1 amide bonds. The molecule has 1 fully saturated rings. The molecule has 0 spiro atoms. The summed E-state index contributed by atoms with van der Waals surface area (Å²) >= 11 is 0. The summed E-state index contributed by atoms with van der Waals surface area (Å²) in [5, 5.41) is 4.04. The maximum Gasteiger partial charge on any atom is 0.226 e. The molecule has 0 saturated carbocycles. The molecule has 0 aromatic heterocycles. The molecule has 2 aliphatic rings. The van der Waals surface area contributed by atoms with Gasteiger partial charge in [0.2, 0.25) is 5.91 Å². The SMILES string of the molecule is O=C(CC1CC(c2ccc(F)cc2)=NO1)N1CCCCC1.